The van der Waals surface area contributed by atoms with Crippen molar-refractivity contribution >= 4 is 35.8 Å². The van der Waals surface area contributed by atoms with Crippen LogP contribution in [0.15, 0.2) is 152 Å². The van der Waals surface area contributed by atoms with Crippen LogP contribution in [0.25, 0.3) is 0 Å². The topological polar surface area (TPSA) is 215 Å². The van der Waals surface area contributed by atoms with Crippen LogP contribution < -0.4 is 0 Å². The van der Waals surface area contributed by atoms with Crippen LogP contribution >= 0.6 is 0 Å². The van der Waals surface area contributed by atoms with E-state index in [1.54, 1.807) is 91.0 Å². The average Bonchev–Trinajstić information content (AvgIpc) is 3.76. The standard InChI is InChI=1S/C50H44O17/c1-29(51)58-27-35-39-41(40(37(52)49(60-35)66-39)63-46(55)32-21-11-4-12-22-32)67-50-43(65-48(57)34-25-15-6-16-26-34)42(64-47(56)33-23-13-5-14-24-33)38(62-45(54)31-19-9-3-10-20-31)36(61-50)28-59-44(53)30-17-7-2-8-18-30/h2-26,35-43,49-50,52H,27-28H2,1H3/t35-,36+,37-,38+,39+,40+,41+,42-,43+,49-,50-/m0/s1. The predicted octanol–water partition coefficient (Wildman–Crippen LogP) is 4.90. The molecule has 0 amide bonds. The van der Waals surface area contributed by atoms with Crippen molar-refractivity contribution in [2.75, 3.05) is 13.2 Å². The van der Waals surface area contributed by atoms with Crippen molar-refractivity contribution in [3.63, 3.8) is 0 Å². The molecule has 0 radical (unpaired) electrons. The van der Waals surface area contributed by atoms with Crippen LogP contribution in [0.1, 0.15) is 58.7 Å². The summed E-state index contributed by atoms with van der Waals surface area (Å²) in [5, 5.41) is 11.7. The maximum Gasteiger partial charge on any atom is 0.338 e. The van der Waals surface area contributed by atoms with Crippen LogP contribution in [-0.2, 0) is 52.2 Å². The van der Waals surface area contributed by atoms with Gasteiger partial charge in [-0.3, -0.25) is 4.79 Å². The van der Waals surface area contributed by atoms with E-state index < -0.39 is 117 Å². The molecule has 0 saturated carbocycles. The molecule has 3 aliphatic rings. The monoisotopic (exact) mass is 916 g/mol. The minimum atomic E-state index is -1.90. The van der Waals surface area contributed by atoms with Gasteiger partial charge in [-0.25, -0.2) is 24.0 Å². The van der Waals surface area contributed by atoms with Crippen LogP contribution in [0.2, 0.25) is 0 Å². The molecule has 3 aliphatic heterocycles. The molecule has 11 atom stereocenters. The first-order chi connectivity index (χ1) is 32.5. The molecular formula is C50H44O17. The number of rotatable bonds is 15. The Hall–Kier alpha value is -7.28. The number of hydrogen-bond donors (Lipinski definition) is 1. The summed E-state index contributed by atoms with van der Waals surface area (Å²) in [5.74, 6) is -5.17. The zero-order valence-electron chi connectivity index (χ0n) is 35.7. The number of hydrogen-bond acceptors (Lipinski definition) is 17. The van der Waals surface area contributed by atoms with Crippen molar-refractivity contribution in [3.05, 3.63) is 179 Å². The molecule has 346 valence electrons. The SMILES string of the molecule is CC(=O)OC[C@@H]1O[C@H]2O[C@H]1[C@@H](O[C@@H]1O[C@H](COC(=O)c3ccccc3)[C@@H](OC(=O)c3ccccc3)[C@H](OC(=O)c3ccccc3)[C@H]1OC(=O)c1ccccc1)[C@H](OC(=O)c1ccccc1)[C@@H]2O. The lowest BCUT2D eigenvalue weighted by atomic mass is 9.95. The number of aliphatic hydroxyl groups is 1. The maximum atomic E-state index is 14.2. The Balaban J connectivity index is 1.23. The number of carbonyl (C=O) groups excluding carboxylic acids is 6. The molecule has 0 aromatic heterocycles. The van der Waals surface area contributed by atoms with Gasteiger partial charge in [0.05, 0.1) is 27.8 Å². The summed E-state index contributed by atoms with van der Waals surface area (Å²) < 4.78 is 60.7. The molecule has 0 aliphatic carbocycles. The molecule has 3 fully saturated rings. The molecule has 5 aromatic carbocycles. The van der Waals surface area contributed by atoms with Crippen molar-refractivity contribution in [2.45, 2.75) is 74.4 Å². The fourth-order valence-corrected chi connectivity index (χ4v) is 7.69. The molecule has 3 saturated heterocycles. The van der Waals surface area contributed by atoms with Crippen LogP contribution in [0.5, 0.6) is 0 Å². The largest absolute Gasteiger partial charge is 0.463 e. The lowest BCUT2D eigenvalue weighted by molar-refractivity contribution is -0.335. The molecular weight excluding hydrogens is 873 g/mol. The van der Waals surface area contributed by atoms with Gasteiger partial charge in [0.1, 0.15) is 43.7 Å². The molecule has 8 rings (SSSR count). The predicted molar refractivity (Wildman–Crippen MR) is 229 cm³/mol. The molecule has 2 bridgehead atoms. The van der Waals surface area contributed by atoms with Crippen molar-refractivity contribution < 1.29 is 81.2 Å². The van der Waals surface area contributed by atoms with Crippen LogP contribution in [0, 0.1) is 0 Å². The van der Waals surface area contributed by atoms with Crippen molar-refractivity contribution in [1.29, 1.82) is 0 Å². The molecule has 1 N–H and O–H groups in total. The van der Waals surface area contributed by atoms with Gasteiger partial charge in [-0.1, -0.05) is 91.0 Å². The van der Waals surface area contributed by atoms with E-state index in [-0.39, 0.29) is 27.8 Å². The summed E-state index contributed by atoms with van der Waals surface area (Å²) in [5.41, 5.74) is 0.462. The summed E-state index contributed by atoms with van der Waals surface area (Å²) in [6, 6.07) is 39.3. The van der Waals surface area contributed by atoms with Gasteiger partial charge in [0.2, 0.25) is 0 Å². The second-order valence-corrected chi connectivity index (χ2v) is 15.5. The first-order valence-electron chi connectivity index (χ1n) is 21.2. The molecule has 0 spiro atoms. The third kappa shape index (κ3) is 11.1. The maximum absolute atomic E-state index is 14.2. The van der Waals surface area contributed by atoms with Gasteiger partial charge < -0.3 is 52.5 Å². The first kappa shape index (κ1) is 46.3. The minimum absolute atomic E-state index is 0.0469. The first-order valence-corrected chi connectivity index (χ1v) is 21.2. The highest BCUT2D eigenvalue weighted by Crippen LogP contribution is 2.40. The van der Waals surface area contributed by atoms with Gasteiger partial charge in [0.25, 0.3) is 0 Å². The van der Waals surface area contributed by atoms with E-state index in [4.69, 9.17) is 47.4 Å². The highest BCUT2D eigenvalue weighted by molar-refractivity contribution is 5.92. The fourth-order valence-electron chi connectivity index (χ4n) is 7.69. The van der Waals surface area contributed by atoms with Gasteiger partial charge in [0.15, 0.2) is 37.0 Å². The van der Waals surface area contributed by atoms with E-state index in [2.05, 4.69) is 0 Å². The Morgan fingerprint density at radius 1 is 0.433 bits per heavy atom. The molecule has 67 heavy (non-hydrogen) atoms. The normalized spacial score (nSPS) is 26.3. The summed E-state index contributed by atoms with van der Waals surface area (Å²) in [6.07, 6.45) is -17.6. The van der Waals surface area contributed by atoms with Gasteiger partial charge in [0, 0.05) is 6.92 Å². The van der Waals surface area contributed by atoms with Crippen LogP contribution in [0.3, 0.4) is 0 Å². The third-order valence-electron chi connectivity index (χ3n) is 11.0. The molecule has 0 unspecified atom stereocenters. The molecule has 5 aromatic rings. The number of carbonyl (C=O) groups is 6. The number of esters is 6. The number of fused-ring (bicyclic) bond motifs is 2. The van der Waals surface area contributed by atoms with Gasteiger partial charge in [-0.05, 0) is 60.7 Å². The Morgan fingerprint density at radius 2 is 0.821 bits per heavy atom. The Labute approximate surface area is 383 Å². The second kappa shape index (κ2) is 21.4. The van der Waals surface area contributed by atoms with Gasteiger partial charge in [-0.2, -0.15) is 0 Å². The van der Waals surface area contributed by atoms with E-state index in [1.807, 2.05) is 0 Å². The van der Waals surface area contributed by atoms with Crippen LogP contribution in [-0.4, -0.2) is 122 Å². The second-order valence-electron chi connectivity index (χ2n) is 15.5. The van der Waals surface area contributed by atoms with Gasteiger partial charge >= 0.3 is 35.8 Å². The lowest BCUT2D eigenvalue weighted by Gasteiger charge is -2.47. The van der Waals surface area contributed by atoms with E-state index in [0.717, 1.165) is 0 Å². The molecule has 17 heteroatoms. The fraction of sp³-hybridized carbons (Fsp3) is 0.280. The summed E-state index contributed by atoms with van der Waals surface area (Å²) in [4.78, 5) is 81.4. The summed E-state index contributed by atoms with van der Waals surface area (Å²) in [6.45, 7) is 0.117. The average molecular weight is 917 g/mol. The number of benzene rings is 5. The Morgan fingerprint density at radius 3 is 1.27 bits per heavy atom. The van der Waals surface area contributed by atoms with Gasteiger partial charge in [-0.15, -0.1) is 0 Å². The molecule has 3 heterocycles. The Kier molecular flexibility index (Phi) is 14.7. The quantitative estimate of drug-likeness (QED) is 0.109. The van der Waals surface area contributed by atoms with Crippen molar-refractivity contribution in [3.8, 4) is 0 Å². The van der Waals surface area contributed by atoms with Crippen molar-refractivity contribution in [2.24, 2.45) is 0 Å². The summed E-state index contributed by atoms with van der Waals surface area (Å²) >= 11 is 0. The molecule has 17 nitrogen and oxygen atoms in total. The van der Waals surface area contributed by atoms with E-state index in [0.29, 0.717) is 0 Å². The zero-order valence-corrected chi connectivity index (χ0v) is 35.7. The number of ether oxygens (including phenoxy) is 10. The van der Waals surface area contributed by atoms with Crippen LogP contribution in [0.4, 0.5) is 0 Å². The zero-order chi connectivity index (χ0) is 46.9. The van der Waals surface area contributed by atoms with E-state index in [1.165, 1.54) is 67.6 Å². The van der Waals surface area contributed by atoms with E-state index >= 15 is 0 Å². The van der Waals surface area contributed by atoms with Crippen molar-refractivity contribution in [1.82, 2.24) is 0 Å². The smallest absolute Gasteiger partial charge is 0.338 e. The minimum Gasteiger partial charge on any atom is -0.463 e. The lowest BCUT2D eigenvalue weighted by Crippen LogP contribution is -2.66. The van der Waals surface area contributed by atoms with E-state index in [9.17, 15) is 33.9 Å². The summed E-state index contributed by atoms with van der Waals surface area (Å²) in [7, 11) is 0. The number of aliphatic hydroxyl groups excluding tert-OH is 1. The highest BCUT2D eigenvalue weighted by atomic mass is 16.8. The Bertz CT molecular complexity index is 2490. The highest BCUT2D eigenvalue weighted by Gasteiger charge is 2.61. The third-order valence-corrected chi connectivity index (χ3v) is 11.0.